The van der Waals surface area contributed by atoms with Gasteiger partial charge in [-0.25, -0.2) is 8.78 Å². The number of aromatic nitrogens is 2. The highest BCUT2D eigenvalue weighted by Gasteiger charge is 2.30. The highest BCUT2D eigenvalue weighted by atomic mass is 19.1. The minimum Gasteiger partial charge on any atom is -0.300 e. The van der Waals surface area contributed by atoms with Crippen molar-refractivity contribution in [2.75, 3.05) is 0 Å². The molecule has 7 heteroatoms. The van der Waals surface area contributed by atoms with Crippen LogP contribution >= 0.6 is 0 Å². The van der Waals surface area contributed by atoms with Gasteiger partial charge in [-0.05, 0) is 92.7 Å². The fourth-order valence-electron chi connectivity index (χ4n) is 6.95. The van der Waals surface area contributed by atoms with Crippen molar-refractivity contribution in [2.24, 2.45) is 17.8 Å². The number of carbonyl (C=O) groups is 2. The molecule has 3 unspecified atom stereocenters. The Morgan fingerprint density at radius 1 is 1.00 bits per heavy atom. The van der Waals surface area contributed by atoms with Crippen molar-refractivity contribution in [2.45, 2.75) is 113 Å². The molecule has 1 heterocycles. The molecule has 51 heavy (non-hydrogen) atoms. The smallest absolute Gasteiger partial charge is 0.166 e. The molecule has 0 fully saturated rings. The van der Waals surface area contributed by atoms with E-state index in [1.807, 2.05) is 71.9 Å². The molecular formula is C44H55F2N3O2. The van der Waals surface area contributed by atoms with Gasteiger partial charge in [0.1, 0.15) is 17.4 Å². The molecule has 3 rings (SSSR count). The molecule has 272 valence electrons. The second kappa shape index (κ2) is 19.2. The lowest BCUT2D eigenvalue weighted by molar-refractivity contribution is -0.119. The van der Waals surface area contributed by atoms with Crippen molar-refractivity contribution in [1.29, 1.82) is 5.26 Å². The van der Waals surface area contributed by atoms with E-state index in [-0.39, 0.29) is 46.0 Å². The van der Waals surface area contributed by atoms with E-state index in [9.17, 15) is 14.9 Å². The summed E-state index contributed by atoms with van der Waals surface area (Å²) in [5.41, 5.74) is 4.43. The lowest BCUT2D eigenvalue weighted by atomic mass is 9.74. The fraction of sp³-hybridized carbons (Fsp3) is 0.455. The molecule has 2 aromatic carbocycles. The third kappa shape index (κ3) is 10.1. The number of ketones is 2. The molecular weight excluding hydrogens is 640 g/mol. The monoisotopic (exact) mass is 695 g/mol. The third-order valence-corrected chi connectivity index (χ3v) is 10.0. The van der Waals surface area contributed by atoms with E-state index < -0.39 is 11.6 Å². The summed E-state index contributed by atoms with van der Waals surface area (Å²) in [5, 5.41) is 15.1. The highest BCUT2D eigenvalue weighted by Crippen LogP contribution is 2.33. The van der Waals surface area contributed by atoms with E-state index in [0.29, 0.717) is 66.8 Å². The Hall–Kier alpha value is -4.44. The Morgan fingerprint density at radius 2 is 1.69 bits per heavy atom. The zero-order valence-electron chi connectivity index (χ0n) is 31.8. The van der Waals surface area contributed by atoms with Crippen LogP contribution in [-0.2, 0) is 17.8 Å². The largest absolute Gasteiger partial charge is 0.300 e. The zero-order chi connectivity index (χ0) is 37.8. The Morgan fingerprint density at radius 3 is 2.27 bits per heavy atom. The Kier molecular flexibility index (Phi) is 15.5. The molecule has 5 nitrogen and oxygen atoms in total. The van der Waals surface area contributed by atoms with Gasteiger partial charge in [0.15, 0.2) is 5.78 Å². The van der Waals surface area contributed by atoms with Crippen LogP contribution < -0.4 is 10.6 Å². The topological polar surface area (TPSA) is 75.8 Å². The number of carbonyl (C=O) groups excluding carboxylic acids is 2. The number of nitriles is 1. The molecule has 0 amide bonds. The minimum absolute atomic E-state index is 0.0187. The molecule has 0 aliphatic carbocycles. The third-order valence-electron chi connectivity index (χ3n) is 10.0. The maximum absolute atomic E-state index is 16.3. The highest BCUT2D eigenvalue weighted by molar-refractivity contribution is 5.99. The first kappa shape index (κ1) is 41.0. The van der Waals surface area contributed by atoms with Gasteiger partial charge in [0.05, 0.1) is 29.7 Å². The summed E-state index contributed by atoms with van der Waals surface area (Å²) in [6.07, 6.45) is 8.72. The van der Waals surface area contributed by atoms with E-state index in [1.165, 1.54) is 12.1 Å². The zero-order valence-corrected chi connectivity index (χ0v) is 31.8. The lowest BCUT2D eigenvalue weighted by Crippen LogP contribution is -2.32. The van der Waals surface area contributed by atoms with Crippen LogP contribution in [0.2, 0.25) is 0 Å². The molecule has 3 atom stereocenters. The molecule has 0 spiro atoms. The van der Waals surface area contributed by atoms with Crippen LogP contribution in [0.5, 0.6) is 0 Å². The van der Waals surface area contributed by atoms with Gasteiger partial charge in [-0.1, -0.05) is 84.4 Å². The van der Waals surface area contributed by atoms with Crippen LogP contribution in [0.4, 0.5) is 8.78 Å². The van der Waals surface area contributed by atoms with E-state index in [2.05, 4.69) is 18.6 Å². The van der Waals surface area contributed by atoms with Crippen molar-refractivity contribution in [1.82, 2.24) is 9.78 Å². The number of rotatable bonds is 18. The maximum atomic E-state index is 16.3. The quantitative estimate of drug-likeness (QED) is 0.0981. The first-order valence-electron chi connectivity index (χ1n) is 18.5. The van der Waals surface area contributed by atoms with Gasteiger partial charge in [0, 0.05) is 40.7 Å². The lowest BCUT2D eigenvalue weighted by Gasteiger charge is -2.29. The van der Waals surface area contributed by atoms with Crippen LogP contribution in [0.15, 0.2) is 66.1 Å². The van der Waals surface area contributed by atoms with Crippen LogP contribution in [0, 0.1) is 34.9 Å². The summed E-state index contributed by atoms with van der Waals surface area (Å²) in [6.45, 7) is 20.3. The molecule has 0 aliphatic rings. The van der Waals surface area contributed by atoms with Crippen molar-refractivity contribution in [3.8, 4) is 6.07 Å². The number of benzene rings is 2. The Labute approximate surface area is 303 Å². The SMILES string of the molecule is C=C(C)C(CCC(=O)CCC)C(C)C(C)C(=O)c1ccc(Cn2ncc(=C(/C(F)=C(\C)CCC)c3ccc(C#N)cc3F)/c2=C\CC)cc1CC. The average Bonchev–Trinajstić information content (AvgIpc) is 3.49. The van der Waals surface area contributed by atoms with Crippen LogP contribution in [0.25, 0.3) is 11.6 Å². The summed E-state index contributed by atoms with van der Waals surface area (Å²) in [5.74, 6) is -1.01. The molecule has 1 aromatic heterocycles. The Balaban J connectivity index is 2.06. The number of hydrogen-bond donors (Lipinski definition) is 0. The van der Waals surface area contributed by atoms with Crippen LogP contribution in [0.3, 0.4) is 0 Å². The molecule has 0 radical (unpaired) electrons. The van der Waals surface area contributed by atoms with Gasteiger partial charge in [0.25, 0.3) is 0 Å². The predicted molar refractivity (Wildman–Crippen MR) is 204 cm³/mol. The van der Waals surface area contributed by atoms with Crippen molar-refractivity contribution >= 4 is 23.2 Å². The van der Waals surface area contributed by atoms with E-state index in [4.69, 9.17) is 0 Å². The first-order chi connectivity index (χ1) is 24.3. The average molecular weight is 696 g/mol. The van der Waals surface area contributed by atoms with Crippen molar-refractivity contribution in [3.05, 3.63) is 110 Å². The summed E-state index contributed by atoms with van der Waals surface area (Å²) >= 11 is 0. The second-order valence-corrected chi connectivity index (χ2v) is 13.9. The van der Waals surface area contributed by atoms with Gasteiger partial charge in [-0.15, -0.1) is 0 Å². The van der Waals surface area contributed by atoms with Gasteiger partial charge in [0.2, 0.25) is 0 Å². The maximum Gasteiger partial charge on any atom is 0.166 e. The molecule has 0 N–H and O–H groups in total. The van der Waals surface area contributed by atoms with Gasteiger partial charge in [-0.3, -0.25) is 14.3 Å². The molecule has 0 bridgehead atoms. The summed E-state index contributed by atoms with van der Waals surface area (Å²) in [7, 11) is 0. The number of allylic oxidation sites excluding steroid dienone is 3. The molecule has 0 saturated heterocycles. The van der Waals surface area contributed by atoms with Crippen molar-refractivity contribution in [3.63, 3.8) is 0 Å². The summed E-state index contributed by atoms with van der Waals surface area (Å²) in [4.78, 5) is 26.3. The van der Waals surface area contributed by atoms with E-state index in [0.717, 1.165) is 35.6 Å². The number of aryl methyl sites for hydroxylation is 1. The van der Waals surface area contributed by atoms with E-state index in [1.54, 1.807) is 17.8 Å². The van der Waals surface area contributed by atoms with Crippen molar-refractivity contribution < 1.29 is 18.4 Å². The number of nitrogens with zero attached hydrogens (tertiary/aromatic N) is 3. The van der Waals surface area contributed by atoms with Crippen LogP contribution in [-0.4, -0.2) is 21.3 Å². The predicted octanol–water partition coefficient (Wildman–Crippen LogP) is 9.73. The normalized spacial score (nSPS) is 14.7. The minimum atomic E-state index is -0.672. The fourth-order valence-corrected chi connectivity index (χ4v) is 6.95. The number of halogens is 2. The Bertz CT molecular complexity index is 1930. The standard InChI is InChI=1S/C44H55F2N3O2/c1-10-14-29(7)43(46)42(38-21-17-32(25-47)24-40(38)45)39-26-48-49(41(39)16-12-3)27-33-18-20-37(34(13-4)23-33)44(51)31(9)30(8)36(28(5)6)22-19-35(50)15-11-2/h16-18,20-21,23-24,26,30-31,36H,5,10-15,19,22,27H2,1-4,6-9H3/b41-16+,42-39-,43-29-. The second-order valence-electron chi connectivity index (χ2n) is 13.9. The summed E-state index contributed by atoms with van der Waals surface area (Å²) in [6, 6.07) is 11.9. The number of Topliss-reactive ketones (excluding diaryl/α,β-unsaturated/α-hetero) is 2. The van der Waals surface area contributed by atoms with E-state index >= 15 is 8.78 Å². The summed E-state index contributed by atoms with van der Waals surface area (Å²) < 4.78 is 33.6. The molecule has 0 aliphatic heterocycles. The molecule has 3 aromatic rings. The van der Waals surface area contributed by atoms with Crippen LogP contribution in [0.1, 0.15) is 133 Å². The number of hydrogen-bond acceptors (Lipinski definition) is 4. The van der Waals surface area contributed by atoms with Gasteiger partial charge >= 0.3 is 0 Å². The first-order valence-corrected chi connectivity index (χ1v) is 18.5. The molecule has 0 saturated carbocycles. The van der Waals surface area contributed by atoms with Gasteiger partial charge in [-0.2, -0.15) is 10.4 Å². The van der Waals surface area contributed by atoms with Gasteiger partial charge < -0.3 is 0 Å².